The number of nitrogens with zero attached hydrogens (tertiary/aromatic N) is 2. The summed E-state index contributed by atoms with van der Waals surface area (Å²) in [5, 5.41) is 12.8. The average Bonchev–Trinajstić information content (AvgIpc) is 2.72. The third kappa shape index (κ3) is 4.77. The van der Waals surface area contributed by atoms with Crippen molar-refractivity contribution in [1.82, 2.24) is 4.90 Å². The van der Waals surface area contributed by atoms with Crippen LogP contribution < -0.4 is 9.64 Å². The molecule has 1 aliphatic rings. The van der Waals surface area contributed by atoms with E-state index in [1.165, 1.54) is 27.8 Å². The van der Waals surface area contributed by atoms with Crippen molar-refractivity contribution in [3.8, 4) is 5.75 Å². The first-order valence-electron chi connectivity index (χ1n) is 10.8. The fraction of sp³-hybridized carbons (Fsp3) is 0.385. The standard InChI is InChI=1S/C26H32N2O2/c1-19-14-20(2)26(21(3)15-19)28-12-10-27(11-13-28)17-24(29)18-30-25-9-8-22-6-4-5-7-23(22)16-25/h4-9,14-16,24,29H,10-13,17-18H2,1-3H3. The third-order valence-corrected chi connectivity index (χ3v) is 5.96. The fourth-order valence-electron chi connectivity index (χ4n) is 4.63. The van der Waals surface area contributed by atoms with E-state index in [4.69, 9.17) is 4.74 Å². The number of hydrogen-bond donors (Lipinski definition) is 1. The highest BCUT2D eigenvalue weighted by Crippen LogP contribution is 2.27. The Balaban J connectivity index is 1.27. The highest BCUT2D eigenvalue weighted by molar-refractivity contribution is 5.83. The van der Waals surface area contributed by atoms with E-state index in [-0.39, 0.29) is 0 Å². The van der Waals surface area contributed by atoms with E-state index < -0.39 is 6.10 Å². The molecule has 3 aromatic carbocycles. The Kier molecular flexibility index (Phi) is 6.26. The van der Waals surface area contributed by atoms with E-state index in [1.807, 2.05) is 24.3 Å². The molecule has 0 amide bonds. The van der Waals surface area contributed by atoms with E-state index in [2.05, 4.69) is 60.9 Å². The Morgan fingerprint density at radius 3 is 2.23 bits per heavy atom. The summed E-state index contributed by atoms with van der Waals surface area (Å²) in [5.74, 6) is 0.808. The number of benzene rings is 3. The molecule has 3 aromatic rings. The molecule has 1 atom stereocenters. The largest absolute Gasteiger partial charge is 0.491 e. The van der Waals surface area contributed by atoms with Gasteiger partial charge in [0.05, 0.1) is 0 Å². The summed E-state index contributed by atoms with van der Waals surface area (Å²) in [5.41, 5.74) is 5.40. The number of aryl methyl sites for hydroxylation is 3. The van der Waals surface area contributed by atoms with E-state index in [0.29, 0.717) is 13.2 Å². The van der Waals surface area contributed by atoms with E-state index >= 15 is 0 Å². The average molecular weight is 405 g/mol. The maximum Gasteiger partial charge on any atom is 0.120 e. The number of β-amino-alcohol motifs (C(OH)–C–C–N with tert-alkyl or cyclic N) is 1. The fourth-order valence-corrected chi connectivity index (χ4v) is 4.63. The lowest BCUT2D eigenvalue weighted by Crippen LogP contribution is -2.49. The second kappa shape index (κ2) is 9.07. The SMILES string of the molecule is Cc1cc(C)c(N2CCN(CC(O)COc3ccc4ccccc4c3)CC2)c(C)c1. The van der Waals surface area contributed by atoms with E-state index in [9.17, 15) is 5.11 Å². The number of fused-ring (bicyclic) bond motifs is 1. The maximum absolute atomic E-state index is 10.5. The van der Waals surface area contributed by atoms with Crippen LogP contribution in [-0.4, -0.2) is 55.4 Å². The molecule has 0 radical (unpaired) electrons. The molecular weight excluding hydrogens is 372 g/mol. The van der Waals surface area contributed by atoms with Crippen molar-refractivity contribution in [3.63, 3.8) is 0 Å². The van der Waals surface area contributed by atoms with Crippen molar-refractivity contribution >= 4 is 16.5 Å². The summed E-state index contributed by atoms with van der Waals surface area (Å²) in [4.78, 5) is 4.82. The molecule has 0 aromatic heterocycles. The van der Waals surface area contributed by atoms with Gasteiger partial charge in [-0.1, -0.05) is 48.0 Å². The molecule has 4 heteroatoms. The van der Waals surface area contributed by atoms with Gasteiger partial charge in [0, 0.05) is 38.4 Å². The molecule has 1 unspecified atom stereocenters. The Morgan fingerprint density at radius 1 is 0.867 bits per heavy atom. The minimum absolute atomic E-state index is 0.314. The van der Waals surface area contributed by atoms with Crippen LogP contribution in [0, 0.1) is 20.8 Å². The maximum atomic E-state index is 10.5. The van der Waals surface area contributed by atoms with Crippen molar-refractivity contribution in [2.75, 3.05) is 44.2 Å². The van der Waals surface area contributed by atoms with Crippen molar-refractivity contribution in [1.29, 1.82) is 0 Å². The van der Waals surface area contributed by atoms with Gasteiger partial charge in [-0.05, 0) is 54.8 Å². The lowest BCUT2D eigenvalue weighted by Gasteiger charge is -2.38. The van der Waals surface area contributed by atoms with Crippen molar-refractivity contribution in [2.45, 2.75) is 26.9 Å². The number of aliphatic hydroxyl groups is 1. The molecule has 30 heavy (non-hydrogen) atoms. The lowest BCUT2D eigenvalue weighted by atomic mass is 10.0. The van der Waals surface area contributed by atoms with Gasteiger partial charge in [0.25, 0.3) is 0 Å². The first kappa shape index (κ1) is 20.7. The lowest BCUT2D eigenvalue weighted by molar-refractivity contribution is 0.0663. The van der Waals surface area contributed by atoms with Crippen molar-refractivity contribution < 1.29 is 9.84 Å². The quantitative estimate of drug-likeness (QED) is 0.664. The smallest absolute Gasteiger partial charge is 0.120 e. The van der Waals surface area contributed by atoms with Gasteiger partial charge in [0.1, 0.15) is 18.5 Å². The predicted molar refractivity (Wildman–Crippen MR) is 125 cm³/mol. The summed E-state index contributed by atoms with van der Waals surface area (Å²) in [6.45, 7) is 11.4. The molecular formula is C26H32N2O2. The van der Waals surface area contributed by atoms with Gasteiger partial charge in [-0.15, -0.1) is 0 Å². The summed E-state index contributed by atoms with van der Waals surface area (Å²) >= 11 is 0. The van der Waals surface area contributed by atoms with Gasteiger partial charge in [0.15, 0.2) is 0 Å². The minimum Gasteiger partial charge on any atom is -0.491 e. The minimum atomic E-state index is -0.495. The molecule has 1 fully saturated rings. The molecule has 4 rings (SSSR count). The number of hydrogen-bond acceptors (Lipinski definition) is 4. The number of aliphatic hydroxyl groups excluding tert-OH is 1. The molecule has 1 saturated heterocycles. The molecule has 1 heterocycles. The zero-order valence-corrected chi connectivity index (χ0v) is 18.3. The van der Waals surface area contributed by atoms with Crippen LogP contribution >= 0.6 is 0 Å². The number of ether oxygens (including phenoxy) is 1. The van der Waals surface area contributed by atoms with Gasteiger partial charge in [-0.2, -0.15) is 0 Å². The van der Waals surface area contributed by atoms with Crippen LogP contribution in [0.25, 0.3) is 10.8 Å². The van der Waals surface area contributed by atoms with Crippen LogP contribution in [0.1, 0.15) is 16.7 Å². The Labute approximate surface area is 179 Å². The Bertz CT molecular complexity index is 986. The van der Waals surface area contributed by atoms with Gasteiger partial charge in [-0.25, -0.2) is 0 Å². The normalized spacial score (nSPS) is 16.1. The molecule has 1 N–H and O–H groups in total. The Morgan fingerprint density at radius 2 is 1.53 bits per heavy atom. The molecule has 0 spiro atoms. The first-order valence-corrected chi connectivity index (χ1v) is 10.8. The monoisotopic (exact) mass is 404 g/mol. The molecule has 1 aliphatic heterocycles. The second-order valence-corrected chi connectivity index (χ2v) is 8.51. The Hall–Kier alpha value is -2.56. The van der Waals surface area contributed by atoms with Crippen molar-refractivity contribution in [3.05, 3.63) is 71.3 Å². The molecule has 0 saturated carbocycles. The number of anilines is 1. The molecule has 0 aliphatic carbocycles. The molecule has 158 valence electrons. The number of rotatable bonds is 6. The van der Waals surface area contributed by atoms with Crippen LogP contribution in [0.3, 0.4) is 0 Å². The van der Waals surface area contributed by atoms with Crippen LogP contribution in [0.2, 0.25) is 0 Å². The van der Waals surface area contributed by atoms with Crippen LogP contribution in [0.4, 0.5) is 5.69 Å². The van der Waals surface area contributed by atoms with Crippen LogP contribution in [-0.2, 0) is 0 Å². The first-order chi connectivity index (χ1) is 14.5. The van der Waals surface area contributed by atoms with Crippen molar-refractivity contribution in [2.24, 2.45) is 0 Å². The van der Waals surface area contributed by atoms with Crippen LogP contribution in [0.5, 0.6) is 5.75 Å². The molecule has 0 bridgehead atoms. The topological polar surface area (TPSA) is 35.9 Å². The highest BCUT2D eigenvalue weighted by Gasteiger charge is 2.21. The number of piperazine rings is 1. The van der Waals surface area contributed by atoms with Gasteiger partial charge < -0.3 is 14.7 Å². The zero-order valence-electron chi connectivity index (χ0n) is 18.3. The summed E-state index contributed by atoms with van der Waals surface area (Å²) in [6, 6.07) is 18.8. The summed E-state index contributed by atoms with van der Waals surface area (Å²) < 4.78 is 5.86. The van der Waals surface area contributed by atoms with Gasteiger partial charge in [0.2, 0.25) is 0 Å². The van der Waals surface area contributed by atoms with Gasteiger partial charge >= 0.3 is 0 Å². The van der Waals surface area contributed by atoms with E-state index in [1.54, 1.807) is 0 Å². The summed E-state index contributed by atoms with van der Waals surface area (Å²) in [7, 11) is 0. The second-order valence-electron chi connectivity index (χ2n) is 8.51. The highest BCUT2D eigenvalue weighted by atomic mass is 16.5. The van der Waals surface area contributed by atoms with Gasteiger partial charge in [-0.3, -0.25) is 4.90 Å². The predicted octanol–water partition coefficient (Wildman–Crippen LogP) is 4.33. The van der Waals surface area contributed by atoms with Crippen LogP contribution in [0.15, 0.2) is 54.6 Å². The molecule has 4 nitrogen and oxygen atoms in total. The zero-order chi connectivity index (χ0) is 21.1. The van der Waals surface area contributed by atoms with E-state index in [0.717, 1.165) is 37.3 Å². The summed E-state index contributed by atoms with van der Waals surface area (Å²) in [6.07, 6.45) is -0.495. The third-order valence-electron chi connectivity index (χ3n) is 5.96.